The van der Waals surface area contributed by atoms with E-state index in [1.807, 2.05) is 11.8 Å². The Morgan fingerprint density at radius 3 is 2.92 bits per heavy atom. The standard InChI is InChI=1S/C17H20F2N4O/c1-2-12-7-16(22-21-12)17(24)20-9-11-5-6-23(10-11)13-3-4-14(18)15(19)8-13/h3-4,7-8,11H,2,5-6,9-10H2,1H3,(H,20,24)(H,21,22). The summed E-state index contributed by atoms with van der Waals surface area (Å²) in [6.07, 6.45) is 1.69. The van der Waals surface area contributed by atoms with Crippen molar-refractivity contribution in [1.82, 2.24) is 15.5 Å². The van der Waals surface area contributed by atoms with Gasteiger partial charge in [0.15, 0.2) is 11.6 Å². The number of nitrogens with zero attached hydrogens (tertiary/aromatic N) is 2. The van der Waals surface area contributed by atoms with Crippen LogP contribution in [-0.4, -0.2) is 35.7 Å². The molecule has 7 heteroatoms. The van der Waals surface area contributed by atoms with Crippen LogP contribution < -0.4 is 10.2 Å². The van der Waals surface area contributed by atoms with Crippen LogP contribution in [0.1, 0.15) is 29.5 Å². The summed E-state index contributed by atoms with van der Waals surface area (Å²) in [4.78, 5) is 14.1. The first-order chi connectivity index (χ1) is 11.6. The maximum atomic E-state index is 13.3. The van der Waals surface area contributed by atoms with E-state index in [4.69, 9.17) is 0 Å². The fourth-order valence-corrected chi connectivity index (χ4v) is 2.90. The molecule has 1 aliphatic rings. The lowest BCUT2D eigenvalue weighted by molar-refractivity contribution is 0.0943. The second-order valence-corrected chi connectivity index (χ2v) is 6.04. The summed E-state index contributed by atoms with van der Waals surface area (Å²) in [6, 6.07) is 5.68. The molecule has 0 aliphatic carbocycles. The molecular formula is C17H20F2N4O. The molecule has 0 bridgehead atoms. The van der Waals surface area contributed by atoms with E-state index in [0.29, 0.717) is 24.5 Å². The summed E-state index contributed by atoms with van der Waals surface area (Å²) in [6.45, 7) is 3.98. The summed E-state index contributed by atoms with van der Waals surface area (Å²) in [7, 11) is 0. The maximum absolute atomic E-state index is 13.3. The first-order valence-corrected chi connectivity index (χ1v) is 8.09. The smallest absolute Gasteiger partial charge is 0.271 e. The number of anilines is 1. The number of amides is 1. The Morgan fingerprint density at radius 2 is 2.21 bits per heavy atom. The number of H-pyrrole nitrogens is 1. The van der Waals surface area contributed by atoms with Gasteiger partial charge in [-0.05, 0) is 37.0 Å². The van der Waals surface area contributed by atoms with Crippen molar-refractivity contribution >= 4 is 11.6 Å². The average molecular weight is 334 g/mol. The largest absolute Gasteiger partial charge is 0.371 e. The molecule has 0 spiro atoms. The van der Waals surface area contributed by atoms with Crippen molar-refractivity contribution < 1.29 is 13.6 Å². The molecular weight excluding hydrogens is 314 g/mol. The molecule has 1 unspecified atom stereocenters. The molecule has 3 rings (SSSR count). The van der Waals surface area contributed by atoms with Gasteiger partial charge in [0.1, 0.15) is 5.69 Å². The number of hydrogen-bond donors (Lipinski definition) is 2. The Morgan fingerprint density at radius 1 is 1.38 bits per heavy atom. The highest BCUT2D eigenvalue weighted by Crippen LogP contribution is 2.25. The van der Waals surface area contributed by atoms with Crippen LogP contribution in [0, 0.1) is 17.6 Å². The van der Waals surface area contributed by atoms with E-state index in [2.05, 4.69) is 15.5 Å². The molecule has 1 atom stereocenters. The molecule has 2 aromatic rings. The van der Waals surface area contributed by atoms with Gasteiger partial charge in [0.2, 0.25) is 0 Å². The van der Waals surface area contributed by atoms with Gasteiger partial charge >= 0.3 is 0 Å². The third kappa shape index (κ3) is 3.55. The Kier molecular flexibility index (Phi) is 4.78. The Labute approximate surface area is 139 Å². The molecule has 0 saturated carbocycles. The van der Waals surface area contributed by atoms with Crippen molar-refractivity contribution in [2.75, 3.05) is 24.5 Å². The van der Waals surface area contributed by atoms with Gasteiger partial charge in [-0.25, -0.2) is 8.78 Å². The van der Waals surface area contributed by atoms with E-state index in [9.17, 15) is 13.6 Å². The molecule has 1 aromatic carbocycles. The van der Waals surface area contributed by atoms with Crippen molar-refractivity contribution in [2.45, 2.75) is 19.8 Å². The Bertz CT molecular complexity index is 731. The topological polar surface area (TPSA) is 61.0 Å². The van der Waals surface area contributed by atoms with Crippen molar-refractivity contribution in [3.63, 3.8) is 0 Å². The normalized spacial score (nSPS) is 17.3. The van der Waals surface area contributed by atoms with E-state index in [-0.39, 0.29) is 11.8 Å². The van der Waals surface area contributed by atoms with Crippen molar-refractivity contribution in [2.24, 2.45) is 5.92 Å². The summed E-state index contributed by atoms with van der Waals surface area (Å²) >= 11 is 0. The minimum atomic E-state index is -0.841. The predicted octanol–water partition coefficient (Wildman–Crippen LogP) is 2.51. The molecule has 1 fully saturated rings. The minimum Gasteiger partial charge on any atom is -0.371 e. The van der Waals surface area contributed by atoms with Crippen LogP contribution in [0.15, 0.2) is 24.3 Å². The number of aromatic amines is 1. The number of aryl methyl sites for hydroxylation is 1. The number of halogens is 2. The monoisotopic (exact) mass is 334 g/mol. The van der Waals surface area contributed by atoms with Gasteiger partial charge in [0, 0.05) is 37.1 Å². The molecule has 24 heavy (non-hydrogen) atoms. The maximum Gasteiger partial charge on any atom is 0.271 e. The molecule has 2 heterocycles. The number of carbonyl (C=O) groups is 1. The van der Waals surface area contributed by atoms with Crippen LogP contribution in [-0.2, 0) is 6.42 Å². The molecule has 1 saturated heterocycles. The van der Waals surface area contributed by atoms with E-state index in [1.54, 1.807) is 12.1 Å². The van der Waals surface area contributed by atoms with Crippen molar-refractivity contribution in [3.05, 3.63) is 47.3 Å². The number of aromatic nitrogens is 2. The SMILES string of the molecule is CCc1cc(C(=O)NCC2CCN(c3ccc(F)c(F)c3)C2)n[nH]1. The van der Waals surface area contributed by atoms with Crippen LogP contribution in [0.25, 0.3) is 0 Å². The van der Waals surface area contributed by atoms with Crippen LogP contribution in [0.5, 0.6) is 0 Å². The third-order valence-electron chi connectivity index (χ3n) is 4.35. The van der Waals surface area contributed by atoms with Gasteiger partial charge in [-0.2, -0.15) is 5.10 Å². The number of rotatable bonds is 5. The van der Waals surface area contributed by atoms with Gasteiger partial charge in [0.25, 0.3) is 5.91 Å². The minimum absolute atomic E-state index is 0.197. The fourth-order valence-electron chi connectivity index (χ4n) is 2.90. The highest BCUT2D eigenvalue weighted by Gasteiger charge is 2.24. The Balaban J connectivity index is 1.52. The lowest BCUT2D eigenvalue weighted by Crippen LogP contribution is -2.31. The highest BCUT2D eigenvalue weighted by atomic mass is 19.2. The van der Waals surface area contributed by atoms with Crippen molar-refractivity contribution in [3.8, 4) is 0 Å². The fraction of sp³-hybridized carbons (Fsp3) is 0.412. The van der Waals surface area contributed by atoms with Crippen LogP contribution in [0.2, 0.25) is 0 Å². The van der Waals surface area contributed by atoms with E-state index < -0.39 is 11.6 Å². The first kappa shape index (κ1) is 16.4. The lowest BCUT2D eigenvalue weighted by Gasteiger charge is -2.19. The van der Waals surface area contributed by atoms with Gasteiger partial charge in [-0.3, -0.25) is 9.89 Å². The van der Waals surface area contributed by atoms with Crippen LogP contribution >= 0.6 is 0 Å². The second-order valence-electron chi connectivity index (χ2n) is 6.04. The average Bonchev–Trinajstić information content (AvgIpc) is 3.24. The van der Waals surface area contributed by atoms with Gasteiger partial charge < -0.3 is 10.2 Å². The molecule has 1 aliphatic heterocycles. The number of nitrogens with one attached hydrogen (secondary N) is 2. The van der Waals surface area contributed by atoms with Gasteiger partial charge in [0.05, 0.1) is 0 Å². The number of hydrogen-bond acceptors (Lipinski definition) is 3. The van der Waals surface area contributed by atoms with E-state index in [0.717, 1.165) is 31.1 Å². The summed E-state index contributed by atoms with van der Waals surface area (Å²) in [5, 5.41) is 9.69. The van der Waals surface area contributed by atoms with Crippen LogP contribution in [0.4, 0.5) is 14.5 Å². The lowest BCUT2D eigenvalue weighted by atomic mass is 10.1. The van der Waals surface area contributed by atoms with Crippen molar-refractivity contribution in [1.29, 1.82) is 0 Å². The third-order valence-corrected chi connectivity index (χ3v) is 4.35. The van der Waals surface area contributed by atoms with Crippen LogP contribution in [0.3, 0.4) is 0 Å². The molecule has 1 aromatic heterocycles. The molecule has 1 amide bonds. The highest BCUT2D eigenvalue weighted by molar-refractivity contribution is 5.92. The van der Waals surface area contributed by atoms with E-state index in [1.165, 1.54) is 6.07 Å². The summed E-state index contributed by atoms with van der Waals surface area (Å²) in [5.74, 6) is -1.61. The van der Waals surface area contributed by atoms with E-state index >= 15 is 0 Å². The predicted molar refractivity (Wildman–Crippen MR) is 87.0 cm³/mol. The molecule has 0 radical (unpaired) electrons. The molecule has 5 nitrogen and oxygen atoms in total. The quantitative estimate of drug-likeness (QED) is 0.883. The zero-order chi connectivity index (χ0) is 17.1. The van der Waals surface area contributed by atoms with Gasteiger partial charge in [-0.1, -0.05) is 6.92 Å². The first-order valence-electron chi connectivity index (χ1n) is 8.09. The number of benzene rings is 1. The number of carbonyl (C=O) groups excluding carboxylic acids is 1. The zero-order valence-corrected chi connectivity index (χ0v) is 13.5. The zero-order valence-electron chi connectivity index (χ0n) is 13.5. The van der Waals surface area contributed by atoms with Gasteiger partial charge in [-0.15, -0.1) is 0 Å². The summed E-state index contributed by atoms with van der Waals surface area (Å²) in [5.41, 5.74) is 1.98. The second kappa shape index (κ2) is 6.98. The summed E-state index contributed by atoms with van der Waals surface area (Å²) < 4.78 is 26.3. The Hall–Kier alpha value is -2.44. The molecule has 2 N–H and O–H groups in total. The molecule has 128 valence electrons.